The molecular formula is C23H29N3O4S. The molecule has 0 radical (unpaired) electrons. The van der Waals surface area contributed by atoms with E-state index in [2.05, 4.69) is 27.8 Å². The third-order valence-corrected chi connectivity index (χ3v) is 5.94. The fourth-order valence-electron chi connectivity index (χ4n) is 3.20. The molecule has 0 spiro atoms. The Morgan fingerprint density at radius 1 is 1.03 bits per heavy atom. The van der Waals surface area contributed by atoms with Crippen LogP contribution >= 0.6 is 11.3 Å². The lowest BCUT2D eigenvalue weighted by atomic mass is 10.2. The summed E-state index contributed by atoms with van der Waals surface area (Å²) in [5.74, 6) is 2.35. The lowest BCUT2D eigenvalue weighted by Crippen LogP contribution is -2.39. The van der Waals surface area contributed by atoms with Crippen molar-refractivity contribution in [3.05, 3.63) is 52.9 Å². The number of nitrogens with zero attached hydrogens (tertiary/aromatic N) is 1. The van der Waals surface area contributed by atoms with Crippen LogP contribution < -0.4 is 24.8 Å². The lowest BCUT2D eigenvalue weighted by molar-refractivity contribution is 0.184. The first kappa shape index (κ1) is 22.7. The van der Waals surface area contributed by atoms with Crippen molar-refractivity contribution in [3.63, 3.8) is 0 Å². The Kier molecular flexibility index (Phi) is 7.97. The van der Waals surface area contributed by atoms with E-state index in [9.17, 15) is 5.11 Å². The summed E-state index contributed by atoms with van der Waals surface area (Å²) >= 11 is 1.60. The van der Waals surface area contributed by atoms with Crippen LogP contribution in [0.2, 0.25) is 0 Å². The van der Waals surface area contributed by atoms with Gasteiger partial charge in [0, 0.05) is 22.7 Å². The van der Waals surface area contributed by atoms with Gasteiger partial charge in [0.15, 0.2) is 17.5 Å². The van der Waals surface area contributed by atoms with E-state index in [1.165, 1.54) is 4.70 Å². The van der Waals surface area contributed by atoms with Gasteiger partial charge in [0.05, 0.1) is 27.9 Å². The van der Waals surface area contributed by atoms with E-state index in [0.717, 1.165) is 15.8 Å². The number of nitrogens with one attached hydrogen (secondary N) is 2. The normalized spacial score (nSPS) is 12.5. The van der Waals surface area contributed by atoms with Crippen LogP contribution in [-0.2, 0) is 6.54 Å². The zero-order valence-electron chi connectivity index (χ0n) is 18.3. The highest BCUT2D eigenvalue weighted by molar-refractivity contribution is 7.19. The molecule has 3 N–H and O–H groups in total. The first-order valence-electron chi connectivity index (χ1n) is 10.1. The second-order valence-electron chi connectivity index (χ2n) is 6.81. The monoisotopic (exact) mass is 443 g/mol. The lowest BCUT2D eigenvalue weighted by Gasteiger charge is -2.15. The molecule has 0 aliphatic carbocycles. The molecule has 8 heteroatoms. The Morgan fingerprint density at radius 2 is 1.74 bits per heavy atom. The summed E-state index contributed by atoms with van der Waals surface area (Å²) < 4.78 is 17.4. The predicted molar refractivity (Wildman–Crippen MR) is 126 cm³/mol. The molecule has 31 heavy (non-hydrogen) atoms. The molecule has 0 aliphatic heterocycles. The van der Waals surface area contributed by atoms with Gasteiger partial charge in [-0.3, -0.25) is 0 Å². The maximum atomic E-state index is 10.6. The maximum absolute atomic E-state index is 10.6. The fourth-order valence-corrected chi connectivity index (χ4v) is 4.25. The number of aliphatic hydroxyl groups excluding tert-OH is 1. The smallest absolute Gasteiger partial charge is 0.203 e. The summed E-state index contributed by atoms with van der Waals surface area (Å²) in [6, 6.07) is 13.9. The molecule has 0 saturated carbocycles. The van der Waals surface area contributed by atoms with E-state index in [1.54, 1.807) is 32.7 Å². The summed E-state index contributed by atoms with van der Waals surface area (Å²) in [4.78, 5) is 5.56. The number of fused-ring (bicyclic) bond motifs is 1. The second kappa shape index (κ2) is 10.9. The number of guanidine groups is 1. The van der Waals surface area contributed by atoms with Gasteiger partial charge in [0.2, 0.25) is 5.75 Å². The number of aliphatic imine (C=N–C) groups is 1. The van der Waals surface area contributed by atoms with Gasteiger partial charge in [-0.25, -0.2) is 4.99 Å². The summed E-state index contributed by atoms with van der Waals surface area (Å²) in [7, 11) is 4.75. The van der Waals surface area contributed by atoms with Crippen molar-refractivity contribution in [3.8, 4) is 17.2 Å². The third kappa shape index (κ3) is 5.59. The number of hydrogen-bond acceptors (Lipinski definition) is 6. The van der Waals surface area contributed by atoms with E-state index in [4.69, 9.17) is 14.2 Å². The molecule has 0 saturated heterocycles. The number of rotatable bonds is 9. The van der Waals surface area contributed by atoms with E-state index < -0.39 is 6.10 Å². The zero-order chi connectivity index (χ0) is 22.2. The first-order valence-corrected chi connectivity index (χ1v) is 10.9. The molecule has 166 valence electrons. The van der Waals surface area contributed by atoms with Crippen LogP contribution in [0.25, 0.3) is 10.1 Å². The zero-order valence-corrected chi connectivity index (χ0v) is 19.1. The highest BCUT2D eigenvalue weighted by Crippen LogP contribution is 2.38. The largest absolute Gasteiger partial charge is 0.493 e. The van der Waals surface area contributed by atoms with Crippen LogP contribution in [0.3, 0.4) is 0 Å². The number of aliphatic hydroxyl groups is 1. The first-order chi connectivity index (χ1) is 15.1. The molecule has 0 fully saturated rings. The quantitative estimate of drug-likeness (QED) is 0.345. The molecule has 1 heterocycles. The second-order valence-corrected chi connectivity index (χ2v) is 7.93. The minimum atomic E-state index is -0.623. The van der Waals surface area contributed by atoms with Crippen molar-refractivity contribution >= 4 is 27.4 Å². The fraction of sp³-hybridized carbons (Fsp3) is 0.348. The van der Waals surface area contributed by atoms with E-state index >= 15 is 0 Å². The Bertz CT molecular complexity index is 977. The maximum Gasteiger partial charge on any atom is 0.203 e. The van der Waals surface area contributed by atoms with Crippen molar-refractivity contribution in [2.45, 2.75) is 19.6 Å². The molecule has 0 amide bonds. The summed E-state index contributed by atoms with van der Waals surface area (Å²) in [5, 5.41) is 18.2. The van der Waals surface area contributed by atoms with Gasteiger partial charge in [0.1, 0.15) is 6.10 Å². The molecule has 0 aliphatic rings. The Balaban J connectivity index is 1.70. The highest BCUT2D eigenvalue weighted by atomic mass is 32.1. The molecular weight excluding hydrogens is 414 g/mol. The number of hydrogen-bond donors (Lipinski definition) is 3. The van der Waals surface area contributed by atoms with E-state index in [-0.39, 0.29) is 0 Å². The van der Waals surface area contributed by atoms with Crippen LogP contribution in [0.1, 0.15) is 23.5 Å². The SMILES string of the molecule is CCNC(=NCc1cc(OC)c(OC)c(OC)c1)NCC(O)c1cc2ccccc2s1. The van der Waals surface area contributed by atoms with Gasteiger partial charge < -0.3 is 30.0 Å². The number of ether oxygens (including phenoxy) is 3. The molecule has 1 atom stereocenters. The van der Waals surface area contributed by atoms with Crippen molar-refractivity contribution in [2.75, 3.05) is 34.4 Å². The summed E-state index contributed by atoms with van der Waals surface area (Å²) in [5.41, 5.74) is 0.914. The standard InChI is InChI=1S/C23H29N3O4S/c1-5-24-23(25-13-15-10-18(28-2)22(30-4)19(11-15)29-3)26-14-17(27)21-12-16-8-6-7-9-20(16)31-21/h6-12,17,27H,5,13-14H2,1-4H3,(H2,24,25,26). The number of methoxy groups -OCH3 is 3. The van der Waals surface area contributed by atoms with Crippen LogP contribution in [-0.4, -0.2) is 45.5 Å². The van der Waals surface area contributed by atoms with Gasteiger partial charge in [-0.1, -0.05) is 18.2 Å². The van der Waals surface area contributed by atoms with Crippen LogP contribution in [0.4, 0.5) is 0 Å². The molecule has 1 aromatic heterocycles. The summed E-state index contributed by atoms with van der Waals surface area (Å²) in [6.45, 7) is 3.47. The Morgan fingerprint density at radius 3 is 2.35 bits per heavy atom. The van der Waals surface area contributed by atoms with Gasteiger partial charge in [-0.15, -0.1) is 11.3 Å². The van der Waals surface area contributed by atoms with Gasteiger partial charge in [-0.2, -0.15) is 0 Å². The predicted octanol–water partition coefficient (Wildman–Crippen LogP) is 3.72. The topological polar surface area (TPSA) is 84.3 Å². The van der Waals surface area contributed by atoms with E-state index in [0.29, 0.717) is 42.8 Å². The highest BCUT2D eigenvalue weighted by Gasteiger charge is 2.14. The molecule has 2 aromatic carbocycles. The Labute approximate surface area is 186 Å². The molecule has 3 aromatic rings. The molecule has 3 rings (SSSR count). The average Bonchev–Trinajstić information content (AvgIpc) is 3.24. The van der Waals surface area contributed by atoms with Gasteiger partial charge >= 0.3 is 0 Å². The minimum Gasteiger partial charge on any atom is -0.493 e. The molecule has 0 bridgehead atoms. The summed E-state index contributed by atoms with van der Waals surface area (Å²) in [6.07, 6.45) is -0.623. The van der Waals surface area contributed by atoms with Crippen LogP contribution in [0.5, 0.6) is 17.2 Å². The number of benzene rings is 2. The molecule has 7 nitrogen and oxygen atoms in total. The van der Waals surface area contributed by atoms with Crippen molar-refractivity contribution in [1.29, 1.82) is 0 Å². The Hall–Kier alpha value is -2.97. The van der Waals surface area contributed by atoms with Crippen LogP contribution in [0.15, 0.2) is 47.5 Å². The van der Waals surface area contributed by atoms with Gasteiger partial charge in [-0.05, 0) is 42.1 Å². The average molecular weight is 444 g/mol. The molecule has 1 unspecified atom stereocenters. The van der Waals surface area contributed by atoms with Crippen molar-refractivity contribution in [1.82, 2.24) is 10.6 Å². The van der Waals surface area contributed by atoms with Gasteiger partial charge in [0.25, 0.3) is 0 Å². The van der Waals surface area contributed by atoms with Crippen molar-refractivity contribution < 1.29 is 19.3 Å². The third-order valence-electron chi connectivity index (χ3n) is 4.72. The minimum absolute atomic E-state index is 0.355. The number of thiophene rings is 1. The van der Waals surface area contributed by atoms with E-state index in [1.807, 2.05) is 37.3 Å². The van der Waals surface area contributed by atoms with Crippen molar-refractivity contribution in [2.24, 2.45) is 4.99 Å². The van der Waals surface area contributed by atoms with Crippen LogP contribution in [0, 0.1) is 0 Å².